The molecule has 2 aromatic carbocycles. The molecule has 130 valence electrons. The summed E-state index contributed by atoms with van der Waals surface area (Å²) in [5.41, 5.74) is 1.36. The monoisotopic (exact) mass is 358 g/mol. The van der Waals surface area contributed by atoms with Crippen LogP contribution < -0.4 is 18.9 Å². The molecule has 0 aromatic heterocycles. The highest BCUT2D eigenvalue weighted by atomic mass is 32.2. The van der Waals surface area contributed by atoms with Crippen molar-refractivity contribution in [3.05, 3.63) is 47.5 Å². The van der Waals surface area contributed by atoms with Crippen LogP contribution in [0.15, 0.2) is 41.3 Å². The number of ether oxygens (including phenoxy) is 4. The van der Waals surface area contributed by atoms with E-state index in [-0.39, 0.29) is 5.78 Å². The predicted molar refractivity (Wildman–Crippen MR) is 97.3 cm³/mol. The van der Waals surface area contributed by atoms with Crippen LogP contribution in [0.25, 0.3) is 6.08 Å². The van der Waals surface area contributed by atoms with Gasteiger partial charge < -0.3 is 18.9 Å². The van der Waals surface area contributed by atoms with Crippen molar-refractivity contribution in [3.63, 3.8) is 0 Å². The minimum Gasteiger partial charge on any atom is -0.496 e. The Hall–Kier alpha value is -2.60. The Bertz CT molecular complexity index is 829. The van der Waals surface area contributed by atoms with Gasteiger partial charge in [0.25, 0.3) is 0 Å². The van der Waals surface area contributed by atoms with Gasteiger partial charge in [-0.1, -0.05) is 23.9 Å². The maximum absolute atomic E-state index is 12.7. The van der Waals surface area contributed by atoms with Crippen molar-refractivity contribution in [2.75, 3.05) is 27.3 Å². The lowest BCUT2D eigenvalue weighted by molar-refractivity contribution is 0.104. The molecular formula is C19H18O5S. The molecule has 0 bridgehead atoms. The van der Waals surface area contributed by atoms with E-state index in [1.54, 1.807) is 39.5 Å². The number of carbonyl (C=O) groups excluding carboxylic acids is 1. The van der Waals surface area contributed by atoms with Crippen molar-refractivity contribution < 1.29 is 23.7 Å². The lowest BCUT2D eigenvalue weighted by atomic mass is 10.1. The second kappa shape index (κ2) is 7.53. The fraction of sp³-hybridized carbons (Fsp3) is 0.211. The summed E-state index contributed by atoms with van der Waals surface area (Å²) in [7, 11) is 4.71. The standard InChI is InChI=1S/C19H18O5S/c1-21-14-7-5-12(10-17(14)23-3)4-6-13(20)18-15(22-2)8-9-16-19(18)25-11-24-16/h4-10H,11H2,1-3H3. The van der Waals surface area contributed by atoms with Crippen molar-refractivity contribution in [3.8, 4) is 23.0 Å². The van der Waals surface area contributed by atoms with E-state index >= 15 is 0 Å². The zero-order valence-electron chi connectivity index (χ0n) is 14.2. The summed E-state index contributed by atoms with van der Waals surface area (Å²) in [5.74, 6) is 2.87. The molecule has 6 heteroatoms. The van der Waals surface area contributed by atoms with Gasteiger partial charge in [0, 0.05) is 0 Å². The largest absolute Gasteiger partial charge is 0.496 e. The van der Waals surface area contributed by atoms with E-state index in [1.165, 1.54) is 17.8 Å². The normalized spacial score (nSPS) is 12.6. The number of allylic oxidation sites excluding steroid dienone is 1. The second-order valence-electron chi connectivity index (χ2n) is 5.19. The summed E-state index contributed by atoms with van der Waals surface area (Å²) >= 11 is 1.49. The Kier molecular flexibility index (Phi) is 5.19. The molecule has 25 heavy (non-hydrogen) atoms. The van der Waals surface area contributed by atoms with Gasteiger partial charge in [-0.25, -0.2) is 0 Å². The van der Waals surface area contributed by atoms with Gasteiger partial charge in [-0.15, -0.1) is 0 Å². The van der Waals surface area contributed by atoms with Crippen molar-refractivity contribution in [1.82, 2.24) is 0 Å². The molecule has 0 unspecified atom stereocenters. The van der Waals surface area contributed by atoms with Crippen LogP contribution in [-0.2, 0) is 0 Å². The number of thioether (sulfide) groups is 1. The van der Waals surface area contributed by atoms with Crippen LogP contribution in [-0.4, -0.2) is 33.1 Å². The quantitative estimate of drug-likeness (QED) is 0.574. The Morgan fingerprint density at radius 1 is 1.04 bits per heavy atom. The van der Waals surface area contributed by atoms with Crippen LogP contribution in [0.4, 0.5) is 0 Å². The average molecular weight is 358 g/mol. The van der Waals surface area contributed by atoms with E-state index in [0.717, 1.165) is 10.5 Å². The lowest BCUT2D eigenvalue weighted by Gasteiger charge is -2.09. The highest BCUT2D eigenvalue weighted by Crippen LogP contribution is 2.43. The molecule has 0 aliphatic carbocycles. The van der Waals surface area contributed by atoms with Gasteiger partial charge in [-0.2, -0.15) is 0 Å². The van der Waals surface area contributed by atoms with Crippen molar-refractivity contribution in [2.45, 2.75) is 4.90 Å². The first-order chi connectivity index (χ1) is 12.2. The zero-order valence-corrected chi connectivity index (χ0v) is 15.0. The van der Waals surface area contributed by atoms with Gasteiger partial charge >= 0.3 is 0 Å². The van der Waals surface area contributed by atoms with Crippen LogP contribution in [0.2, 0.25) is 0 Å². The number of carbonyl (C=O) groups is 1. The summed E-state index contributed by atoms with van der Waals surface area (Å²) in [6, 6.07) is 9.04. The van der Waals surface area contributed by atoms with E-state index in [9.17, 15) is 4.79 Å². The average Bonchev–Trinajstić information content (AvgIpc) is 3.13. The minimum atomic E-state index is -0.138. The van der Waals surface area contributed by atoms with Gasteiger partial charge in [0.1, 0.15) is 17.4 Å². The molecule has 0 amide bonds. The SMILES string of the molecule is COc1ccc(C=CC(=O)c2c(OC)ccc3c2SCO3)cc1OC. The van der Waals surface area contributed by atoms with Crippen LogP contribution >= 0.6 is 11.8 Å². The summed E-state index contributed by atoms with van der Waals surface area (Å²) in [6.45, 7) is 0. The maximum Gasteiger partial charge on any atom is 0.190 e. The van der Waals surface area contributed by atoms with Crippen molar-refractivity contribution in [1.29, 1.82) is 0 Å². The topological polar surface area (TPSA) is 54.0 Å². The molecule has 2 aromatic rings. The number of hydrogen-bond donors (Lipinski definition) is 0. The maximum atomic E-state index is 12.7. The highest BCUT2D eigenvalue weighted by Gasteiger charge is 2.24. The fourth-order valence-corrected chi connectivity index (χ4v) is 3.49. The molecule has 0 saturated carbocycles. The van der Waals surface area contributed by atoms with Crippen LogP contribution in [0.3, 0.4) is 0 Å². The first-order valence-electron chi connectivity index (χ1n) is 7.59. The van der Waals surface area contributed by atoms with Crippen LogP contribution in [0.5, 0.6) is 23.0 Å². The molecule has 5 nitrogen and oxygen atoms in total. The second-order valence-corrected chi connectivity index (χ2v) is 6.12. The molecular weight excluding hydrogens is 340 g/mol. The lowest BCUT2D eigenvalue weighted by Crippen LogP contribution is -2.01. The van der Waals surface area contributed by atoms with Gasteiger partial charge in [0.15, 0.2) is 17.3 Å². The highest BCUT2D eigenvalue weighted by molar-refractivity contribution is 7.99. The van der Waals surface area contributed by atoms with E-state index in [1.807, 2.05) is 18.2 Å². The van der Waals surface area contributed by atoms with Crippen LogP contribution in [0.1, 0.15) is 15.9 Å². The Labute approximate surface area is 150 Å². The zero-order chi connectivity index (χ0) is 17.8. The van der Waals surface area contributed by atoms with Crippen LogP contribution in [0, 0.1) is 0 Å². The fourth-order valence-electron chi connectivity index (χ4n) is 2.57. The minimum absolute atomic E-state index is 0.138. The molecule has 0 atom stereocenters. The Balaban J connectivity index is 1.90. The number of methoxy groups -OCH3 is 3. The number of benzene rings is 2. The molecule has 3 rings (SSSR count). The van der Waals surface area contributed by atoms with Gasteiger partial charge in [-0.05, 0) is 35.9 Å². The third kappa shape index (κ3) is 3.44. The van der Waals surface area contributed by atoms with E-state index < -0.39 is 0 Å². The number of fused-ring (bicyclic) bond motifs is 1. The molecule has 0 N–H and O–H groups in total. The van der Waals surface area contributed by atoms with E-state index in [2.05, 4.69) is 0 Å². The molecule has 0 radical (unpaired) electrons. The third-order valence-electron chi connectivity index (χ3n) is 3.80. The molecule has 0 saturated heterocycles. The first kappa shape index (κ1) is 17.2. The van der Waals surface area contributed by atoms with E-state index in [4.69, 9.17) is 18.9 Å². The number of rotatable bonds is 6. The smallest absolute Gasteiger partial charge is 0.190 e. The predicted octanol–water partition coefficient (Wildman–Crippen LogP) is 4.05. The van der Waals surface area contributed by atoms with Crippen molar-refractivity contribution >= 4 is 23.6 Å². The molecule has 1 aliphatic heterocycles. The van der Waals surface area contributed by atoms with Gasteiger partial charge in [-0.3, -0.25) is 4.79 Å². The third-order valence-corrected chi connectivity index (χ3v) is 4.73. The van der Waals surface area contributed by atoms with Gasteiger partial charge in [0.2, 0.25) is 0 Å². The summed E-state index contributed by atoms with van der Waals surface area (Å²) in [6.07, 6.45) is 3.27. The number of ketones is 1. The summed E-state index contributed by atoms with van der Waals surface area (Å²) in [5, 5.41) is 0. The molecule has 0 spiro atoms. The molecule has 1 heterocycles. The number of hydrogen-bond acceptors (Lipinski definition) is 6. The Morgan fingerprint density at radius 3 is 2.48 bits per heavy atom. The van der Waals surface area contributed by atoms with Gasteiger partial charge in [0.05, 0.1) is 31.8 Å². The van der Waals surface area contributed by atoms with Crippen molar-refractivity contribution in [2.24, 2.45) is 0 Å². The summed E-state index contributed by atoms with van der Waals surface area (Å²) in [4.78, 5) is 13.6. The Morgan fingerprint density at radius 2 is 1.76 bits per heavy atom. The molecule has 0 fully saturated rings. The summed E-state index contributed by atoms with van der Waals surface area (Å²) < 4.78 is 21.4. The molecule has 1 aliphatic rings. The van der Waals surface area contributed by atoms with E-state index in [0.29, 0.717) is 34.5 Å². The first-order valence-corrected chi connectivity index (χ1v) is 8.57.